The zero-order valence-electron chi connectivity index (χ0n) is 12.8. The Balaban J connectivity index is 2.01. The molecule has 2 atom stereocenters. The Morgan fingerprint density at radius 3 is 2.74 bits per heavy atom. The normalized spacial score (nSPS) is 21.0. The molecule has 1 heterocycles. The van der Waals surface area contributed by atoms with E-state index in [1.807, 2.05) is 12.2 Å². The third-order valence-corrected chi connectivity index (χ3v) is 4.09. The average molecular weight is 331 g/mol. The van der Waals surface area contributed by atoms with Crippen molar-refractivity contribution in [3.63, 3.8) is 0 Å². The molecule has 1 aliphatic rings. The minimum atomic E-state index is -4.88. The molecule has 1 aromatic heterocycles. The number of nitrogens with zero attached hydrogens (tertiary/aromatic N) is 2. The highest BCUT2D eigenvalue weighted by atomic mass is 19.4. The molecule has 2 unspecified atom stereocenters. The van der Waals surface area contributed by atoms with E-state index in [4.69, 9.17) is 0 Å². The van der Waals surface area contributed by atoms with Crippen LogP contribution in [0.25, 0.3) is 0 Å². The Kier molecular flexibility index (Phi) is 5.13. The van der Waals surface area contributed by atoms with Crippen molar-refractivity contribution in [2.45, 2.75) is 37.5 Å². The largest absolute Gasteiger partial charge is 0.424 e. The Labute approximate surface area is 132 Å². The highest BCUT2D eigenvalue weighted by Crippen LogP contribution is 2.40. The summed E-state index contributed by atoms with van der Waals surface area (Å²) in [6, 6.07) is 0. The first-order chi connectivity index (χ1) is 10.8. The van der Waals surface area contributed by atoms with Crippen LogP contribution in [0.3, 0.4) is 0 Å². The van der Waals surface area contributed by atoms with Crippen molar-refractivity contribution in [2.24, 2.45) is 13.0 Å². The number of carbonyl (C=O) groups excluding carboxylic acids is 1. The zero-order chi connectivity index (χ0) is 17.1. The van der Waals surface area contributed by atoms with Gasteiger partial charge in [-0.15, -0.1) is 0 Å². The molecule has 23 heavy (non-hydrogen) atoms. The van der Waals surface area contributed by atoms with Crippen LogP contribution in [-0.2, 0) is 17.4 Å². The first-order valence-electron chi connectivity index (χ1n) is 7.45. The summed E-state index contributed by atoms with van der Waals surface area (Å²) in [7, 11) is 1.38. The fourth-order valence-corrected chi connectivity index (χ4v) is 2.69. The second kappa shape index (κ2) is 6.74. The summed E-state index contributed by atoms with van der Waals surface area (Å²) in [5.41, 5.74) is -3.09. The fourth-order valence-electron chi connectivity index (χ4n) is 2.69. The molecule has 0 fully saturated rings. The molecule has 0 radical (unpaired) electrons. The second-order valence-electron chi connectivity index (χ2n) is 5.74. The molecule has 2 N–H and O–H groups in total. The van der Waals surface area contributed by atoms with Crippen LogP contribution < -0.4 is 5.32 Å². The van der Waals surface area contributed by atoms with E-state index in [-0.39, 0.29) is 18.4 Å². The van der Waals surface area contributed by atoms with E-state index in [0.29, 0.717) is 12.8 Å². The van der Waals surface area contributed by atoms with Crippen molar-refractivity contribution in [1.29, 1.82) is 0 Å². The molecule has 0 aliphatic heterocycles. The van der Waals surface area contributed by atoms with Crippen LogP contribution in [-0.4, -0.2) is 33.3 Å². The number of hydrogen-bond acceptors (Lipinski definition) is 3. The summed E-state index contributed by atoms with van der Waals surface area (Å²) in [4.78, 5) is 15.6. The quantitative estimate of drug-likeness (QED) is 0.812. The molecule has 1 aromatic rings. The molecule has 0 bridgehead atoms. The highest BCUT2D eigenvalue weighted by Gasteiger charge is 2.57. The smallest absolute Gasteiger partial charge is 0.374 e. The predicted molar refractivity (Wildman–Crippen MR) is 77.3 cm³/mol. The Morgan fingerprint density at radius 2 is 2.22 bits per heavy atom. The van der Waals surface area contributed by atoms with Crippen LogP contribution in [0.4, 0.5) is 13.2 Å². The van der Waals surface area contributed by atoms with Gasteiger partial charge in [0, 0.05) is 38.3 Å². The molecule has 8 heteroatoms. The van der Waals surface area contributed by atoms with Gasteiger partial charge in [-0.05, 0) is 19.3 Å². The van der Waals surface area contributed by atoms with Crippen LogP contribution >= 0.6 is 0 Å². The van der Waals surface area contributed by atoms with Crippen molar-refractivity contribution in [3.8, 4) is 0 Å². The molecule has 0 spiro atoms. The minimum absolute atomic E-state index is 0.216. The summed E-state index contributed by atoms with van der Waals surface area (Å²) in [6.45, 7) is -0.276. The number of alkyl halides is 3. The molecule has 128 valence electrons. The van der Waals surface area contributed by atoms with E-state index in [2.05, 4.69) is 10.3 Å². The third kappa shape index (κ3) is 3.74. The topological polar surface area (TPSA) is 67.2 Å². The second-order valence-corrected chi connectivity index (χ2v) is 5.74. The molecule has 0 saturated heterocycles. The number of rotatable bonds is 5. The Morgan fingerprint density at radius 1 is 1.48 bits per heavy atom. The molecule has 5 nitrogen and oxygen atoms in total. The molecular formula is C15H20F3N3O2. The molecule has 0 saturated carbocycles. The Bertz CT molecular complexity index is 583. The lowest BCUT2D eigenvalue weighted by Gasteiger charge is -2.30. The molecule has 1 aliphatic carbocycles. The molecule has 1 amide bonds. The van der Waals surface area contributed by atoms with Gasteiger partial charge in [-0.3, -0.25) is 4.79 Å². The van der Waals surface area contributed by atoms with Gasteiger partial charge in [-0.25, -0.2) is 4.98 Å². The number of amides is 1. The van der Waals surface area contributed by atoms with Crippen molar-refractivity contribution < 1.29 is 23.1 Å². The number of aliphatic hydroxyl groups is 1. The van der Waals surface area contributed by atoms with Gasteiger partial charge in [-0.2, -0.15) is 13.2 Å². The van der Waals surface area contributed by atoms with Gasteiger partial charge in [0.15, 0.2) is 0 Å². The number of imidazole rings is 1. The van der Waals surface area contributed by atoms with Gasteiger partial charge in [-0.1, -0.05) is 12.2 Å². The van der Waals surface area contributed by atoms with E-state index >= 15 is 0 Å². The summed E-state index contributed by atoms with van der Waals surface area (Å²) in [5, 5.41) is 12.6. The van der Waals surface area contributed by atoms with Crippen molar-refractivity contribution in [2.75, 3.05) is 6.54 Å². The summed E-state index contributed by atoms with van der Waals surface area (Å²) >= 11 is 0. The number of halogens is 3. The molecular weight excluding hydrogens is 311 g/mol. The number of hydrogen-bond donors (Lipinski definition) is 2. The number of aromatic nitrogens is 2. The van der Waals surface area contributed by atoms with Gasteiger partial charge in [0.05, 0.1) is 0 Å². The summed E-state index contributed by atoms with van der Waals surface area (Å²) in [5.74, 6) is -0.981. The maximum absolute atomic E-state index is 13.3. The average Bonchev–Trinajstić information content (AvgIpc) is 2.93. The predicted octanol–water partition coefficient (Wildman–Crippen LogP) is 2.03. The van der Waals surface area contributed by atoms with E-state index in [0.717, 1.165) is 11.0 Å². The lowest BCUT2D eigenvalue weighted by atomic mass is 9.93. The highest BCUT2D eigenvalue weighted by molar-refractivity contribution is 5.78. The standard InChI is InChI=1S/C15H20F3N3O2/c1-21-10-9-20-13(21)14(23,15(16,17)18)7-8-19-12(22)11-5-3-2-4-6-11/h2-3,9-11,23H,4-8H2,1H3,(H,19,22). The number of carbonyl (C=O) groups is 1. The molecule has 0 aromatic carbocycles. The van der Waals surface area contributed by atoms with E-state index in [1.165, 1.54) is 19.4 Å². The number of allylic oxidation sites excluding steroid dienone is 2. The first kappa shape index (κ1) is 17.5. The number of aryl methyl sites for hydroxylation is 1. The fraction of sp³-hybridized carbons (Fsp3) is 0.600. The summed E-state index contributed by atoms with van der Waals surface area (Å²) < 4.78 is 41.0. The van der Waals surface area contributed by atoms with Gasteiger partial charge >= 0.3 is 6.18 Å². The maximum atomic E-state index is 13.3. The van der Waals surface area contributed by atoms with E-state index in [1.54, 1.807) is 0 Å². The SMILES string of the molecule is Cn1ccnc1C(O)(CCNC(=O)C1CC=CCC1)C(F)(F)F. The van der Waals surface area contributed by atoms with Crippen LogP contribution in [0.15, 0.2) is 24.5 Å². The molecule has 2 rings (SSSR count). The van der Waals surface area contributed by atoms with Gasteiger partial charge in [0.25, 0.3) is 0 Å². The van der Waals surface area contributed by atoms with E-state index < -0.39 is 24.0 Å². The Hall–Kier alpha value is -1.83. The minimum Gasteiger partial charge on any atom is -0.374 e. The van der Waals surface area contributed by atoms with Crippen LogP contribution in [0, 0.1) is 5.92 Å². The number of nitrogens with one attached hydrogen (secondary N) is 1. The van der Waals surface area contributed by atoms with Crippen LogP contribution in [0.1, 0.15) is 31.5 Å². The van der Waals surface area contributed by atoms with Crippen LogP contribution in [0.5, 0.6) is 0 Å². The summed E-state index contributed by atoms with van der Waals surface area (Å²) in [6.07, 6.45) is 2.90. The first-order valence-corrected chi connectivity index (χ1v) is 7.45. The van der Waals surface area contributed by atoms with Crippen molar-refractivity contribution >= 4 is 5.91 Å². The van der Waals surface area contributed by atoms with Gasteiger partial charge in [0.2, 0.25) is 11.5 Å². The zero-order valence-corrected chi connectivity index (χ0v) is 12.8. The maximum Gasteiger partial charge on any atom is 0.424 e. The van der Waals surface area contributed by atoms with Gasteiger partial charge < -0.3 is 15.0 Å². The lowest BCUT2D eigenvalue weighted by Crippen LogP contribution is -2.47. The van der Waals surface area contributed by atoms with Gasteiger partial charge in [0.1, 0.15) is 5.82 Å². The van der Waals surface area contributed by atoms with Crippen molar-refractivity contribution in [1.82, 2.24) is 14.9 Å². The monoisotopic (exact) mass is 331 g/mol. The lowest BCUT2D eigenvalue weighted by molar-refractivity contribution is -0.272. The third-order valence-electron chi connectivity index (χ3n) is 4.09. The van der Waals surface area contributed by atoms with E-state index in [9.17, 15) is 23.1 Å². The van der Waals surface area contributed by atoms with Crippen molar-refractivity contribution in [3.05, 3.63) is 30.4 Å². The van der Waals surface area contributed by atoms with Crippen LogP contribution in [0.2, 0.25) is 0 Å².